The Balaban J connectivity index is 1.90. The van der Waals surface area contributed by atoms with Gasteiger partial charge in [-0.1, -0.05) is 6.92 Å². The topological polar surface area (TPSA) is 40.6 Å². The number of ketones is 1. The fourth-order valence-electron chi connectivity index (χ4n) is 3.62. The number of hydrogen-bond donors (Lipinski definition) is 0. The van der Waals surface area contributed by atoms with Gasteiger partial charge in [-0.3, -0.25) is 9.59 Å². The van der Waals surface area contributed by atoms with E-state index >= 15 is 0 Å². The molecule has 0 bridgehead atoms. The van der Waals surface area contributed by atoms with Crippen LogP contribution in [0.25, 0.3) is 0 Å². The number of likely N-dealkylation sites (tertiary alicyclic amines) is 2. The molecule has 0 radical (unpaired) electrons. The second-order valence-corrected chi connectivity index (χ2v) is 6.59. The van der Waals surface area contributed by atoms with Crippen molar-refractivity contribution in [3.8, 4) is 0 Å². The standard InChI is InChI=1S/C16H28N2O2/c1-4-16(13(2)19)7-11-18(12-8-16)15(20)14-5-9-17(3)10-6-14/h14H,4-12H2,1-3H3. The molecule has 0 aromatic carbocycles. The van der Waals surface area contributed by atoms with E-state index in [0.717, 1.165) is 58.3 Å². The molecule has 2 aliphatic heterocycles. The molecule has 2 aliphatic rings. The maximum atomic E-state index is 12.6. The number of hydrogen-bond acceptors (Lipinski definition) is 3. The van der Waals surface area contributed by atoms with Crippen LogP contribution in [0.4, 0.5) is 0 Å². The van der Waals surface area contributed by atoms with Crippen molar-refractivity contribution in [1.29, 1.82) is 0 Å². The minimum atomic E-state index is -0.163. The predicted molar refractivity (Wildman–Crippen MR) is 79.4 cm³/mol. The molecule has 0 aromatic rings. The minimum absolute atomic E-state index is 0.163. The zero-order valence-electron chi connectivity index (χ0n) is 13.2. The molecule has 114 valence electrons. The van der Waals surface area contributed by atoms with E-state index in [4.69, 9.17) is 0 Å². The van der Waals surface area contributed by atoms with Gasteiger partial charge in [0.05, 0.1) is 0 Å². The fourth-order valence-corrected chi connectivity index (χ4v) is 3.62. The van der Waals surface area contributed by atoms with Crippen molar-refractivity contribution < 1.29 is 9.59 Å². The Morgan fingerprint density at radius 2 is 1.65 bits per heavy atom. The number of piperidine rings is 2. The van der Waals surface area contributed by atoms with Crippen molar-refractivity contribution in [1.82, 2.24) is 9.80 Å². The smallest absolute Gasteiger partial charge is 0.225 e. The third-order valence-corrected chi connectivity index (χ3v) is 5.52. The lowest BCUT2D eigenvalue weighted by molar-refractivity contribution is -0.142. The third-order valence-electron chi connectivity index (χ3n) is 5.52. The molecule has 0 N–H and O–H groups in total. The van der Waals surface area contributed by atoms with Gasteiger partial charge in [-0.15, -0.1) is 0 Å². The number of nitrogens with zero attached hydrogens (tertiary/aromatic N) is 2. The van der Waals surface area contributed by atoms with Crippen molar-refractivity contribution in [2.24, 2.45) is 11.3 Å². The SMILES string of the molecule is CCC1(C(C)=O)CCN(C(=O)C2CCN(C)CC2)CC1. The summed E-state index contributed by atoms with van der Waals surface area (Å²) >= 11 is 0. The Hall–Kier alpha value is -0.900. The molecule has 4 heteroatoms. The molecular weight excluding hydrogens is 252 g/mol. The summed E-state index contributed by atoms with van der Waals surface area (Å²) in [6, 6.07) is 0. The van der Waals surface area contributed by atoms with Crippen LogP contribution in [-0.2, 0) is 9.59 Å². The van der Waals surface area contributed by atoms with E-state index in [0.29, 0.717) is 11.7 Å². The van der Waals surface area contributed by atoms with Crippen molar-refractivity contribution in [3.63, 3.8) is 0 Å². The van der Waals surface area contributed by atoms with Gasteiger partial charge >= 0.3 is 0 Å². The molecule has 2 saturated heterocycles. The van der Waals surface area contributed by atoms with Crippen molar-refractivity contribution >= 4 is 11.7 Å². The van der Waals surface area contributed by atoms with Crippen LogP contribution in [0.3, 0.4) is 0 Å². The van der Waals surface area contributed by atoms with Crippen LogP contribution in [0.1, 0.15) is 46.0 Å². The van der Waals surface area contributed by atoms with Gasteiger partial charge in [0.15, 0.2) is 0 Å². The molecule has 20 heavy (non-hydrogen) atoms. The molecule has 4 nitrogen and oxygen atoms in total. The van der Waals surface area contributed by atoms with E-state index in [-0.39, 0.29) is 11.3 Å². The monoisotopic (exact) mass is 280 g/mol. The van der Waals surface area contributed by atoms with Crippen LogP contribution in [0, 0.1) is 11.3 Å². The first kappa shape index (κ1) is 15.5. The largest absolute Gasteiger partial charge is 0.342 e. The zero-order valence-corrected chi connectivity index (χ0v) is 13.2. The maximum absolute atomic E-state index is 12.6. The summed E-state index contributed by atoms with van der Waals surface area (Å²) in [7, 11) is 2.12. The van der Waals surface area contributed by atoms with E-state index in [9.17, 15) is 9.59 Å². The number of carbonyl (C=O) groups is 2. The van der Waals surface area contributed by atoms with Crippen LogP contribution in [0.2, 0.25) is 0 Å². The quantitative estimate of drug-likeness (QED) is 0.793. The first-order valence-electron chi connectivity index (χ1n) is 7.97. The highest BCUT2D eigenvalue weighted by Crippen LogP contribution is 2.36. The van der Waals surface area contributed by atoms with Gasteiger partial charge in [-0.25, -0.2) is 0 Å². The molecule has 1 amide bonds. The van der Waals surface area contributed by atoms with Crippen molar-refractivity contribution in [2.75, 3.05) is 33.2 Å². The van der Waals surface area contributed by atoms with E-state index in [1.165, 1.54) is 0 Å². The molecule has 0 saturated carbocycles. The Labute approximate surface area is 122 Å². The molecule has 0 unspecified atom stereocenters. The Morgan fingerprint density at radius 3 is 2.10 bits per heavy atom. The van der Waals surface area contributed by atoms with E-state index in [2.05, 4.69) is 18.9 Å². The van der Waals surface area contributed by atoms with Crippen LogP contribution in [0.15, 0.2) is 0 Å². The van der Waals surface area contributed by atoms with Gasteiger partial charge in [-0.2, -0.15) is 0 Å². The highest BCUT2D eigenvalue weighted by molar-refractivity contribution is 5.83. The van der Waals surface area contributed by atoms with Crippen LogP contribution in [-0.4, -0.2) is 54.7 Å². The van der Waals surface area contributed by atoms with Crippen molar-refractivity contribution in [2.45, 2.75) is 46.0 Å². The summed E-state index contributed by atoms with van der Waals surface area (Å²) in [6.45, 7) is 7.37. The second kappa shape index (κ2) is 6.25. The number of rotatable bonds is 3. The molecule has 2 fully saturated rings. The molecular formula is C16H28N2O2. The summed E-state index contributed by atoms with van der Waals surface area (Å²) in [5, 5.41) is 0. The first-order chi connectivity index (χ1) is 9.48. The second-order valence-electron chi connectivity index (χ2n) is 6.59. The summed E-state index contributed by atoms with van der Waals surface area (Å²) in [6.07, 6.45) is 4.56. The molecule has 0 aromatic heterocycles. The van der Waals surface area contributed by atoms with E-state index in [1.54, 1.807) is 6.92 Å². The lowest BCUT2D eigenvalue weighted by Crippen LogP contribution is -2.48. The Morgan fingerprint density at radius 1 is 1.10 bits per heavy atom. The van der Waals surface area contributed by atoms with Crippen molar-refractivity contribution in [3.05, 3.63) is 0 Å². The predicted octanol–water partition coefficient (Wildman–Crippen LogP) is 1.94. The normalized spacial score (nSPS) is 24.6. The van der Waals surface area contributed by atoms with Gasteiger partial charge in [0.25, 0.3) is 0 Å². The van der Waals surface area contributed by atoms with Crippen LogP contribution >= 0.6 is 0 Å². The van der Waals surface area contributed by atoms with Crippen LogP contribution < -0.4 is 0 Å². The Bertz CT molecular complexity index is 365. The average molecular weight is 280 g/mol. The zero-order chi connectivity index (χ0) is 14.8. The number of amides is 1. The van der Waals surface area contributed by atoms with Gasteiger partial charge in [0.2, 0.25) is 5.91 Å². The fraction of sp³-hybridized carbons (Fsp3) is 0.875. The van der Waals surface area contributed by atoms with Gasteiger partial charge in [-0.05, 0) is 59.2 Å². The lowest BCUT2D eigenvalue weighted by atomic mass is 9.73. The first-order valence-corrected chi connectivity index (χ1v) is 7.97. The lowest BCUT2D eigenvalue weighted by Gasteiger charge is -2.41. The van der Waals surface area contributed by atoms with E-state index in [1.807, 2.05) is 4.90 Å². The highest BCUT2D eigenvalue weighted by Gasteiger charge is 2.39. The van der Waals surface area contributed by atoms with Gasteiger partial charge < -0.3 is 9.80 Å². The molecule has 0 aliphatic carbocycles. The van der Waals surface area contributed by atoms with Gasteiger partial charge in [0.1, 0.15) is 5.78 Å². The molecule has 2 heterocycles. The number of carbonyl (C=O) groups excluding carboxylic acids is 2. The average Bonchev–Trinajstić information content (AvgIpc) is 2.47. The van der Waals surface area contributed by atoms with Crippen LogP contribution in [0.5, 0.6) is 0 Å². The minimum Gasteiger partial charge on any atom is -0.342 e. The molecule has 2 rings (SSSR count). The van der Waals surface area contributed by atoms with E-state index < -0.39 is 0 Å². The summed E-state index contributed by atoms with van der Waals surface area (Å²) in [5.41, 5.74) is -0.163. The molecule has 0 atom stereocenters. The maximum Gasteiger partial charge on any atom is 0.225 e. The summed E-state index contributed by atoms with van der Waals surface area (Å²) < 4.78 is 0. The van der Waals surface area contributed by atoms with Gasteiger partial charge in [0, 0.05) is 24.4 Å². The Kier molecular flexibility index (Phi) is 4.84. The summed E-state index contributed by atoms with van der Waals surface area (Å²) in [4.78, 5) is 28.7. The number of Topliss-reactive ketones (excluding diaryl/α,β-unsaturated/α-hetero) is 1. The third kappa shape index (κ3) is 3.05. The summed E-state index contributed by atoms with van der Waals surface area (Å²) in [5.74, 6) is 0.829. The molecule has 0 spiro atoms. The highest BCUT2D eigenvalue weighted by atomic mass is 16.2.